The summed E-state index contributed by atoms with van der Waals surface area (Å²) in [5.41, 5.74) is 2.00. The Balaban J connectivity index is 1.83. The minimum atomic E-state index is -0.413. The van der Waals surface area contributed by atoms with Gasteiger partial charge in [-0.3, -0.25) is 0 Å². The van der Waals surface area contributed by atoms with Crippen molar-refractivity contribution in [2.24, 2.45) is 0 Å². The molecule has 3 unspecified atom stereocenters. The highest BCUT2D eigenvalue weighted by molar-refractivity contribution is 5.22. The Bertz CT molecular complexity index is 512. The Labute approximate surface area is 112 Å². The lowest BCUT2D eigenvalue weighted by molar-refractivity contribution is -0.0739. The third-order valence-electron chi connectivity index (χ3n) is 3.29. The van der Waals surface area contributed by atoms with Crippen molar-refractivity contribution in [1.82, 2.24) is 0 Å². The normalized spacial score (nSPS) is 26.5. The van der Waals surface area contributed by atoms with Gasteiger partial charge in [-0.1, -0.05) is 60.7 Å². The van der Waals surface area contributed by atoms with E-state index in [-0.39, 0.29) is 18.8 Å². The van der Waals surface area contributed by atoms with Crippen LogP contribution in [0.3, 0.4) is 0 Å². The van der Waals surface area contributed by atoms with Crippen molar-refractivity contribution in [1.29, 1.82) is 0 Å². The zero-order valence-corrected chi connectivity index (χ0v) is 10.5. The highest BCUT2D eigenvalue weighted by Gasteiger charge is 2.37. The van der Waals surface area contributed by atoms with E-state index in [0.29, 0.717) is 0 Å². The summed E-state index contributed by atoms with van der Waals surface area (Å²) in [5, 5.41) is 9.46. The van der Waals surface area contributed by atoms with Gasteiger partial charge >= 0.3 is 0 Å². The largest absolute Gasteiger partial charge is 0.394 e. The third kappa shape index (κ3) is 2.54. The van der Waals surface area contributed by atoms with Crippen LogP contribution in [0.4, 0.5) is 0 Å². The Morgan fingerprint density at radius 3 is 1.95 bits per heavy atom. The molecule has 1 aliphatic rings. The maximum absolute atomic E-state index is 9.46. The van der Waals surface area contributed by atoms with Crippen molar-refractivity contribution in [2.45, 2.75) is 18.5 Å². The van der Waals surface area contributed by atoms with Crippen LogP contribution < -0.4 is 0 Å². The Hall–Kier alpha value is -1.68. The number of hydrogen-bond acceptors (Lipinski definition) is 3. The first-order chi connectivity index (χ1) is 9.38. The molecular formula is C16H16O3. The van der Waals surface area contributed by atoms with E-state index in [1.807, 2.05) is 60.7 Å². The maximum Gasteiger partial charge on any atom is 0.185 e. The lowest BCUT2D eigenvalue weighted by Crippen LogP contribution is -2.19. The van der Waals surface area contributed by atoms with Crippen molar-refractivity contribution in [3.8, 4) is 0 Å². The molecule has 0 aliphatic carbocycles. The van der Waals surface area contributed by atoms with Gasteiger partial charge in [-0.15, -0.1) is 0 Å². The van der Waals surface area contributed by atoms with Gasteiger partial charge in [-0.05, 0) is 5.56 Å². The van der Waals surface area contributed by atoms with Crippen LogP contribution in [0.2, 0.25) is 0 Å². The van der Waals surface area contributed by atoms with E-state index in [2.05, 4.69) is 0 Å². The quantitative estimate of drug-likeness (QED) is 0.917. The molecule has 98 valence electrons. The first-order valence-corrected chi connectivity index (χ1v) is 6.40. The number of rotatable bonds is 3. The summed E-state index contributed by atoms with van der Waals surface area (Å²) in [6.07, 6.45) is -0.965. The fourth-order valence-electron chi connectivity index (χ4n) is 2.32. The van der Waals surface area contributed by atoms with Crippen LogP contribution in [0.15, 0.2) is 60.7 Å². The molecule has 1 heterocycles. The van der Waals surface area contributed by atoms with E-state index in [0.717, 1.165) is 11.1 Å². The number of hydrogen-bond donors (Lipinski definition) is 1. The van der Waals surface area contributed by atoms with Crippen molar-refractivity contribution in [2.75, 3.05) is 6.61 Å². The molecule has 1 N–H and O–H groups in total. The van der Waals surface area contributed by atoms with Crippen LogP contribution in [0, 0.1) is 0 Å². The summed E-state index contributed by atoms with van der Waals surface area (Å²) >= 11 is 0. The average molecular weight is 256 g/mol. The second-order valence-corrected chi connectivity index (χ2v) is 4.57. The molecule has 1 saturated heterocycles. The van der Waals surface area contributed by atoms with Gasteiger partial charge in [0, 0.05) is 5.56 Å². The first kappa shape index (κ1) is 12.4. The molecule has 3 nitrogen and oxygen atoms in total. The molecule has 0 amide bonds. The predicted molar refractivity (Wildman–Crippen MR) is 71.4 cm³/mol. The first-order valence-electron chi connectivity index (χ1n) is 6.40. The molecule has 19 heavy (non-hydrogen) atoms. The maximum atomic E-state index is 9.46. The van der Waals surface area contributed by atoms with E-state index in [9.17, 15) is 5.11 Å². The Morgan fingerprint density at radius 2 is 1.37 bits per heavy atom. The molecule has 0 radical (unpaired) electrons. The molecule has 2 aromatic rings. The summed E-state index contributed by atoms with van der Waals surface area (Å²) in [6.45, 7) is -0.0527. The van der Waals surface area contributed by atoms with E-state index in [4.69, 9.17) is 9.47 Å². The lowest BCUT2D eigenvalue weighted by atomic mass is 10.1. The van der Waals surface area contributed by atoms with Crippen LogP contribution in [-0.2, 0) is 9.47 Å². The predicted octanol–water partition coefficient (Wildman–Crippen LogP) is 2.83. The summed E-state index contributed by atoms with van der Waals surface area (Å²) in [5.74, 6) is 0. The number of ether oxygens (including phenoxy) is 2. The van der Waals surface area contributed by atoms with Crippen LogP contribution in [0.25, 0.3) is 0 Å². The molecule has 3 rings (SSSR count). The zero-order chi connectivity index (χ0) is 13.1. The molecular weight excluding hydrogens is 240 g/mol. The monoisotopic (exact) mass is 256 g/mol. The lowest BCUT2D eigenvalue weighted by Gasteiger charge is -2.14. The van der Waals surface area contributed by atoms with Crippen molar-refractivity contribution in [3.63, 3.8) is 0 Å². The number of benzene rings is 2. The van der Waals surface area contributed by atoms with Gasteiger partial charge in [-0.25, -0.2) is 0 Å². The number of aliphatic hydroxyl groups excluding tert-OH is 1. The van der Waals surface area contributed by atoms with Crippen LogP contribution in [0.1, 0.15) is 23.5 Å². The van der Waals surface area contributed by atoms with Crippen LogP contribution in [0.5, 0.6) is 0 Å². The van der Waals surface area contributed by atoms with E-state index >= 15 is 0 Å². The Morgan fingerprint density at radius 1 is 0.789 bits per heavy atom. The van der Waals surface area contributed by atoms with E-state index in [1.54, 1.807) is 0 Å². The third-order valence-corrected chi connectivity index (χ3v) is 3.29. The van der Waals surface area contributed by atoms with Crippen LogP contribution >= 0.6 is 0 Å². The molecule has 3 heteroatoms. The molecule has 1 fully saturated rings. The minimum Gasteiger partial charge on any atom is -0.394 e. The van der Waals surface area contributed by atoms with Crippen molar-refractivity contribution < 1.29 is 14.6 Å². The zero-order valence-electron chi connectivity index (χ0n) is 10.5. The molecule has 0 saturated carbocycles. The van der Waals surface area contributed by atoms with Gasteiger partial charge < -0.3 is 14.6 Å². The van der Waals surface area contributed by atoms with E-state index < -0.39 is 6.29 Å². The van der Waals surface area contributed by atoms with Gasteiger partial charge in [-0.2, -0.15) is 0 Å². The fraction of sp³-hybridized carbons (Fsp3) is 0.250. The second-order valence-electron chi connectivity index (χ2n) is 4.57. The molecule has 1 aliphatic heterocycles. The fourth-order valence-corrected chi connectivity index (χ4v) is 2.32. The van der Waals surface area contributed by atoms with E-state index in [1.165, 1.54) is 0 Å². The molecule has 0 spiro atoms. The SMILES string of the molecule is OCC1OC(c2ccccc2)OC1c1ccccc1. The second kappa shape index (κ2) is 5.53. The van der Waals surface area contributed by atoms with Gasteiger partial charge in [0.05, 0.1) is 6.61 Å². The van der Waals surface area contributed by atoms with Crippen molar-refractivity contribution >= 4 is 0 Å². The molecule has 2 aromatic carbocycles. The van der Waals surface area contributed by atoms with Crippen molar-refractivity contribution in [3.05, 3.63) is 71.8 Å². The summed E-state index contributed by atoms with van der Waals surface area (Å²) in [7, 11) is 0. The standard InChI is InChI=1S/C16H16O3/c17-11-14-15(12-7-3-1-4-8-12)19-16(18-14)13-9-5-2-6-10-13/h1-10,14-17H,11H2. The van der Waals surface area contributed by atoms with Gasteiger partial charge in [0.1, 0.15) is 12.2 Å². The molecule has 0 bridgehead atoms. The molecule has 3 atom stereocenters. The highest BCUT2D eigenvalue weighted by Crippen LogP contribution is 2.39. The summed E-state index contributed by atoms with van der Waals surface area (Å²) in [6, 6.07) is 19.6. The van der Waals surface area contributed by atoms with Gasteiger partial charge in [0.15, 0.2) is 6.29 Å². The van der Waals surface area contributed by atoms with Gasteiger partial charge in [0.25, 0.3) is 0 Å². The van der Waals surface area contributed by atoms with Crippen LogP contribution in [-0.4, -0.2) is 17.8 Å². The smallest absolute Gasteiger partial charge is 0.185 e. The highest BCUT2D eigenvalue weighted by atomic mass is 16.7. The topological polar surface area (TPSA) is 38.7 Å². The summed E-state index contributed by atoms with van der Waals surface area (Å²) in [4.78, 5) is 0. The van der Waals surface area contributed by atoms with Gasteiger partial charge in [0.2, 0.25) is 0 Å². The Kier molecular flexibility index (Phi) is 3.60. The number of aliphatic hydroxyl groups is 1. The summed E-state index contributed by atoms with van der Waals surface area (Å²) < 4.78 is 11.7. The molecule has 0 aromatic heterocycles. The average Bonchev–Trinajstić information content (AvgIpc) is 2.93. The minimum absolute atomic E-state index is 0.0527.